The number of rotatable bonds is 4. The molecule has 0 bridgehead atoms. The number of carbonyl (C=O) groups excluding carboxylic acids is 1. The predicted octanol–water partition coefficient (Wildman–Crippen LogP) is 4.28. The summed E-state index contributed by atoms with van der Waals surface area (Å²) in [6.07, 6.45) is 9.62. The van der Waals surface area contributed by atoms with Crippen LogP contribution in [-0.2, 0) is 4.79 Å². The molecule has 0 saturated heterocycles. The lowest BCUT2D eigenvalue weighted by molar-refractivity contribution is -0.126. The van der Waals surface area contributed by atoms with Crippen LogP contribution < -0.4 is 0 Å². The first-order valence-electron chi connectivity index (χ1n) is 8.64. The molecule has 0 amide bonds. The highest BCUT2D eigenvalue weighted by Crippen LogP contribution is 2.37. The largest absolute Gasteiger partial charge is 0.303 e. The van der Waals surface area contributed by atoms with Gasteiger partial charge in [-0.25, -0.2) is 0 Å². The summed E-state index contributed by atoms with van der Waals surface area (Å²) in [6.45, 7) is 8.05. The summed E-state index contributed by atoms with van der Waals surface area (Å²) < 4.78 is 0. The van der Waals surface area contributed by atoms with Gasteiger partial charge in [0.05, 0.1) is 0 Å². The van der Waals surface area contributed by atoms with Gasteiger partial charge in [-0.05, 0) is 56.9 Å². The van der Waals surface area contributed by atoms with E-state index in [4.69, 9.17) is 0 Å². The van der Waals surface area contributed by atoms with Crippen LogP contribution in [0.1, 0.15) is 72.1 Å². The Hall–Kier alpha value is -0.370. The molecule has 2 aliphatic carbocycles. The van der Waals surface area contributed by atoms with E-state index in [1.165, 1.54) is 32.1 Å². The summed E-state index contributed by atoms with van der Waals surface area (Å²) in [5, 5.41) is 0. The van der Waals surface area contributed by atoms with E-state index in [1.54, 1.807) is 0 Å². The van der Waals surface area contributed by atoms with Crippen molar-refractivity contribution in [2.24, 2.45) is 17.3 Å². The number of ketones is 1. The van der Waals surface area contributed by atoms with Crippen LogP contribution in [0.2, 0.25) is 0 Å². The molecule has 0 radical (unpaired) electrons. The second-order valence-electron chi connectivity index (χ2n) is 8.05. The Morgan fingerprint density at radius 3 is 2.45 bits per heavy atom. The van der Waals surface area contributed by atoms with Crippen molar-refractivity contribution in [3.8, 4) is 0 Å². The highest BCUT2D eigenvalue weighted by atomic mass is 16.1. The highest BCUT2D eigenvalue weighted by Gasteiger charge is 2.32. The van der Waals surface area contributed by atoms with Gasteiger partial charge in [-0.1, -0.05) is 27.2 Å². The third kappa shape index (κ3) is 4.07. The Kier molecular flexibility index (Phi) is 5.28. The summed E-state index contributed by atoms with van der Waals surface area (Å²) in [7, 11) is 2.24. The van der Waals surface area contributed by atoms with Gasteiger partial charge in [-0.2, -0.15) is 0 Å². The zero-order valence-electron chi connectivity index (χ0n) is 14.0. The van der Waals surface area contributed by atoms with Crippen molar-refractivity contribution >= 4 is 5.78 Å². The third-order valence-electron chi connectivity index (χ3n) is 5.89. The molecule has 2 atom stereocenters. The van der Waals surface area contributed by atoms with Crippen LogP contribution in [0.3, 0.4) is 0 Å². The third-order valence-corrected chi connectivity index (χ3v) is 5.89. The van der Waals surface area contributed by atoms with Gasteiger partial charge in [0.1, 0.15) is 5.78 Å². The van der Waals surface area contributed by atoms with E-state index in [9.17, 15) is 4.79 Å². The molecule has 0 aromatic carbocycles. The first kappa shape index (κ1) is 16.0. The van der Waals surface area contributed by atoms with Crippen molar-refractivity contribution in [1.29, 1.82) is 0 Å². The van der Waals surface area contributed by atoms with Gasteiger partial charge in [0.2, 0.25) is 0 Å². The van der Waals surface area contributed by atoms with Gasteiger partial charge in [0.25, 0.3) is 0 Å². The Bertz CT molecular complexity index is 326. The molecule has 0 aromatic heterocycles. The van der Waals surface area contributed by atoms with Crippen LogP contribution >= 0.6 is 0 Å². The van der Waals surface area contributed by atoms with Crippen LogP contribution in [0, 0.1) is 17.3 Å². The van der Waals surface area contributed by atoms with Gasteiger partial charge in [-0.15, -0.1) is 0 Å². The predicted molar refractivity (Wildman–Crippen MR) is 84.8 cm³/mol. The molecule has 0 aliphatic heterocycles. The molecule has 2 fully saturated rings. The zero-order chi connectivity index (χ0) is 14.8. The molecule has 0 aromatic rings. The summed E-state index contributed by atoms with van der Waals surface area (Å²) in [4.78, 5) is 14.6. The fourth-order valence-electron chi connectivity index (χ4n) is 4.07. The first-order valence-corrected chi connectivity index (χ1v) is 8.64. The van der Waals surface area contributed by atoms with Crippen molar-refractivity contribution in [3.63, 3.8) is 0 Å². The van der Waals surface area contributed by atoms with E-state index in [2.05, 4.69) is 32.7 Å². The maximum atomic E-state index is 12.2. The number of hydrogen-bond acceptors (Lipinski definition) is 2. The minimum atomic E-state index is 0.314. The number of hydrogen-bond donors (Lipinski definition) is 0. The normalized spacial score (nSPS) is 31.8. The maximum absolute atomic E-state index is 12.2. The Labute approximate surface area is 125 Å². The quantitative estimate of drug-likeness (QED) is 0.765. The van der Waals surface area contributed by atoms with Crippen LogP contribution in [0.4, 0.5) is 0 Å². The second-order valence-corrected chi connectivity index (χ2v) is 8.05. The van der Waals surface area contributed by atoms with E-state index in [0.717, 1.165) is 31.7 Å². The molecule has 0 spiro atoms. The second kappa shape index (κ2) is 6.60. The summed E-state index contributed by atoms with van der Waals surface area (Å²) >= 11 is 0. The van der Waals surface area contributed by atoms with Crippen LogP contribution in [0.15, 0.2) is 0 Å². The first-order chi connectivity index (χ1) is 9.41. The molecule has 2 saturated carbocycles. The summed E-state index contributed by atoms with van der Waals surface area (Å²) in [5.74, 6) is 1.63. The average molecular weight is 279 g/mol. The lowest BCUT2D eigenvalue weighted by Crippen LogP contribution is -2.42. The molecule has 2 rings (SSSR count). The van der Waals surface area contributed by atoms with Crippen molar-refractivity contribution in [1.82, 2.24) is 4.90 Å². The maximum Gasteiger partial charge on any atom is 0.137 e. The molecule has 2 unspecified atom stereocenters. The lowest BCUT2D eigenvalue weighted by Gasteiger charge is -2.40. The fraction of sp³-hybridized carbons (Fsp3) is 0.944. The monoisotopic (exact) mass is 279 g/mol. The fourth-order valence-corrected chi connectivity index (χ4v) is 4.07. The van der Waals surface area contributed by atoms with Gasteiger partial charge < -0.3 is 4.90 Å². The van der Waals surface area contributed by atoms with E-state index in [1.807, 2.05) is 0 Å². The van der Waals surface area contributed by atoms with E-state index < -0.39 is 0 Å². The van der Waals surface area contributed by atoms with Crippen molar-refractivity contribution in [2.45, 2.75) is 78.2 Å². The minimum Gasteiger partial charge on any atom is -0.303 e. The van der Waals surface area contributed by atoms with Crippen LogP contribution in [0.5, 0.6) is 0 Å². The molecule has 0 N–H and O–H groups in total. The molecule has 2 aliphatic rings. The van der Waals surface area contributed by atoms with E-state index in [-0.39, 0.29) is 0 Å². The molecule has 2 heteroatoms. The molecule has 20 heavy (non-hydrogen) atoms. The van der Waals surface area contributed by atoms with Crippen LogP contribution in [-0.4, -0.2) is 30.3 Å². The Morgan fingerprint density at radius 1 is 1.20 bits per heavy atom. The van der Waals surface area contributed by atoms with Gasteiger partial charge in [0, 0.05) is 24.9 Å². The molecule has 116 valence electrons. The van der Waals surface area contributed by atoms with Crippen molar-refractivity contribution in [2.75, 3.05) is 13.6 Å². The lowest BCUT2D eigenvalue weighted by atomic mass is 9.74. The summed E-state index contributed by atoms with van der Waals surface area (Å²) in [5.41, 5.74) is 0.533. The highest BCUT2D eigenvalue weighted by molar-refractivity contribution is 5.81. The van der Waals surface area contributed by atoms with Crippen molar-refractivity contribution < 1.29 is 4.79 Å². The Balaban J connectivity index is 1.84. The SMILES string of the molecule is CCC1CCC(=O)C(CN(C)C2CCC(C)(C)CC2)C1. The number of nitrogens with zero attached hydrogens (tertiary/aromatic N) is 1. The van der Waals surface area contributed by atoms with E-state index >= 15 is 0 Å². The molecular formula is C18H33NO. The van der Waals surface area contributed by atoms with Crippen molar-refractivity contribution in [3.05, 3.63) is 0 Å². The van der Waals surface area contributed by atoms with Gasteiger partial charge in [-0.3, -0.25) is 4.79 Å². The van der Waals surface area contributed by atoms with Gasteiger partial charge >= 0.3 is 0 Å². The average Bonchev–Trinajstić information content (AvgIpc) is 2.41. The zero-order valence-corrected chi connectivity index (χ0v) is 14.0. The molecule has 2 nitrogen and oxygen atoms in total. The number of carbonyl (C=O) groups is 1. The Morgan fingerprint density at radius 2 is 1.85 bits per heavy atom. The van der Waals surface area contributed by atoms with E-state index in [0.29, 0.717) is 23.2 Å². The smallest absolute Gasteiger partial charge is 0.137 e. The standard InChI is InChI=1S/C18H33NO/c1-5-14-6-7-17(20)15(12-14)13-19(4)16-8-10-18(2,3)11-9-16/h14-16H,5-13H2,1-4H3. The molecular weight excluding hydrogens is 246 g/mol. The molecule has 0 heterocycles. The van der Waals surface area contributed by atoms with Crippen LogP contribution in [0.25, 0.3) is 0 Å². The minimum absolute atomic E-state index is 0.314. The van der Waals surface area contributed by atoms with Gasteiger partial charge in [0.15, 0.2) is 0 Å². The summed E-state index contributed by atoms with van der Waals surface area (Å²) in [6, 6.07) is 0.706. The number of Topliss-reactive ketones (excluding diaryl/α,β-unsaturated/α-hetero) is 1. The topological polar surface area (TPSA) is 20.3 Å².